The van der Waals surface area contributed by atoms with Gasteiger partial charge in [-0.15, -0.1) is 15.0 Å². The number of carbonyl (C=O) groups excluding carboxylic acids is 1. The molecule has 0 fully saturated rings. The van der Waals surface area contributed by atoms with Gasteiger partial charge in [0.25, 0.3) is 5.91 Å². The third kappa shape index (κ3) is 4.69. The summed E-state index contributed by atoms with van der Waals surface area (Å²) in [5, 5.41) is 30.0. The lowest BCUT2D eigenvalue weighted by atomic mass is 10.1. The summed E-state index contributed by atoms with van der Waals surface area (Å²) in [6, 6.07) is 21.6. The summed E-state index contributed by atoms with van der Waals surface area (Å²) in [6.07, 6.45) is 0.476. The van der Waals surface area contributed by atoms with Crippen LogP contribution in [0.25, 0.3) is 16.7 Å². The second-order valence-electron chi connectivity index (χ2n) is 6.78. The first kappa shape index (κ1) is 20.1. The third-order valence-electron chi connectivity index (χ3n) is 4.56. The number of anilines is 1. The van der Waals surface area contributed by atoms with Crippen LogP contribution in [0.1, 0.15) is 11.1 Å². The highest BCUT2D eigenvalue weighted by Crippen LogP contribution is 2.25. The summed E-state index contributed by atoms with van der Waals surface area (Å²) in [5.41, 5.74) is 3.90. The number of aliphatic hydroxyl groups excluding tert-OH is 1. The maximum absolute atomic E-state index is 12.4. The molecule has 1 heterocycles. The van der Waals surface area contributed by atoms with Crippen LogP contribution in [-0.2, 0) is 11.2 Å². The van der Waals surface area contributed by atoms with Crippen molar-refractivity contribution in [3.05, 3.63) is 77.9 Å². The minimum atomic E-state index is -0.362. The quantitative estimate of drug-likeness (QED) is 0.482. The summed E-state index contributed by atoms with van der Waals surface area (Å²) in [4.78, 5) is 13.8. The first-order chi connectivity index (χ1) is 15.2. The van der Waals surface area contributed by atoms with E-state index in [4.69, 9.17) is 10.00 Å². The number of carbonyl (C=O) groups is 1. The Hall–Kier alpha value is -4.22. The number of nitriles is 1. The minimum Gasteiger partial charge on any atom is -0.481 e. The molecule has 0 saturated carbocycles. The lowest BCUT2D eigenvalue weighted by Crippen LogP contribution is -2.20. The molecule has 0 radical (unpaired) electrons. The molecule has 8 nitrogen and oxygen atoms in total. The van der Waals surface area contributed by atoms with E-state index in [1.54, 1.807) is 30.3 Å². The average molecular weight is 413 g/mol. The molecule has 31 heavy (non-hydrogen) atoms. The zero-order valence-corrected chi connectivity index (χ0v) is 16.5. The number of rotatable bonds is 7. The Bertz CT molecular complexity index is 1240. The van der Waals surface area contributed by atoms with Gasteiger partial charge >= 0.3 is 0 Å². The highest BCUT2D eigenvalue weighted by molar-refractivity contribution is 5.92. The van der Waals surface area contributed by atoms with E-state index in [0.29, 0.717) is 29.1 Å². The first-order valence-corrected chi connectivity index (χ1v) is 9.65. The molecule has 0 spiro atoms. The van der Waals surface area contributed by atoms with Gasteiger partial charge in [-0.2, -0.15) is 5.26 Å². The molecule has 0 aliphatic carbocycles. The van der Waals surface area contributed by atoms with Crippen LogP contribution < -0.4 is 10.1 Å². The normalized spacial score (nSPS) is 10.6. The van der Waals surface area contributed by atoms with Crippen molar-refractivity contribution in [3.63, 3.8) is 0 Å². The molecule has 0 saturated heterocycles. The van der Waals surface area contributed by atoms with E-state index in [9.17, 15) is 9.90 Å². The Morgan fingerprint density at radius 1 is 1.06 bits per heavy atom. The van der Waals surface area contributed by atoms with E-state index in [1.165, 1.54) is 4.80 Å². The zero-order valence-electron chi connectivity index (χ0n) is 16.5. The number of aromatic nitrogens is 3. The van der Waals surface area contributed by atoms with Crippen LogP contribution in [0.5, 0.6) is 5.75 Å². The number of hydrogen-bond donors (Lipinski definition) is 2. The van der Waals surface area contributed by atoms with Gasteiger partial charge in [0.2, 0.25) is 0 Å². The van der Waals surface area contributed by atoms with Crippen molar-refractivity contribution in [2.45, 2.75) is 6.42 Å². The SMILES string of the molecule is N#Cc1cccc(NC(=O)COc2ccc(CCO)cc2-n2nc3ccccc3n2)c1. The Balaban J connectivity index is 1.56. The maximum atomic E-state index is 12.4. The molecule has 1 aromatic heterocycles. The number of hydrogen-bond acceptors (Lipinski definition) is 6. The van der Waals surface area contributed by atoms with Crippen LogP contribution in [0.15, 0.2) is 66.7 Å². The predicted molar refractivity (Wildman–Crippen MR) is 115 cm³/mol. The van der Waals surface area contributed by atoms with Gasteiger partial charge in [-0.1, -0.05) is 24.3 Å². The molecule has 2 N–H and O–H groups in total. The molecular weight excluding hydrogens is 394 g/mol. The molecule has 4 rings (SSSR count). The average Bonchev–Trinajstić information content (AvgIpc) is 3.22. The third-order valence-corrected chi connectivity index (χ3v) is 4.56. The second kappa shape index (κ2) is 9.07. The van der Waals surface area contributed by atoms with E-state index < -0.39 is 0 Å². The van der Waals surface area contributed by atoms with Gasteiger partial charge in [-0.3, -0.25) is 4.79 Å². The van der Waals surface area contributed by atoms with Gasteiger partial charge in [-0.25, -0.2) is 0 Å². The number of nitrogens with zero attached hydrogens (tertiary/aromatic N) is 4. The lowest BCUT2D eigenvalue weighted by molar-refractivity contribution is -0.118. The molecule has 0 unspecified atom stereocenters. The van der Waals surface area contributed by atoms with E-state index >= 15 is 0 Å². The summed E-state index contributed by atoms with van der Waals surface area (Å²) < 4.78 is 5.77. The smallest absolute Gasteiger partial charge is 0.262 e. The van der Waals surface area contributed by atoms with Crippen molar-refractivity contribution < 1.29 is 14.6 Å². The largest absolute Gasteiger partial charge is 0.481 e. The van der Waals surface area contributed by atoms with E-state index in [-0.39, 0.29) is 19.1 Å². The molecular formula is C23H19N5O3. The van der Waals surface area contributed by atoms with E-state index in [0.717, 1.165) is 16.6 Å². The fourth-order valence-electron chi connectivity index (χ4n) is 3.10. The van der Waals surface area contributed by atoms with Gasteiger partial charge in [0.15, 0.2) is 6.61 Å². The lowest BCUT2D eigenvalue weighted by Gasteiger charge is -2.12. The van der Waals surface area contributed by atoms with E-state index in [1.807, 2.05) is 42.5 Å². The molecule has 1 amide bonds. The van der Waals surface area contributed by atoms with Crippen LogP contribution in [-0.4, -0.2) is 39.2 Å². The number of nitrogens with one attached hydrogen (secondary N) is 1. The molecule has 3 aromatic carbocycles. The van der Waals surface area contributed by atoms with E-state index in [2.05, 4.69) is 15.5 Å². The molecule has 0 atom stereocenters. The zero-order chi connectivity index (χ0) is 21.6. The summed E-state index contributed by atoms with van der Waals surface area (Å²) in [5.74, 6) is 0.0713. The van der Waals surface area contributed by atoms with Gasteiger partial charge in [0.05, 0.1) is 11.6 Å². The monoisotopic (exact) mass is 413 g/mol. The van der Waals surface area contributed by atoms with Crippen molar-refractivity contribution >= 4 is 22.6 Å². The summed E-state index contributed by atoms with van der Waals surface area (Å²) in [7, 11) is 0. The highest BCUT2D eigenvalue weighted by Gasteiger charge is 2.13. The minimum absolute atomic E-state index is 0.0122. The molecule has 0 aliphatic heterocycles. The Morgan fingerprint density at radius 3 is 2.55 bits per heavy atom. The molecule has 4 aromatic rings. The van der Waals surface area contributed by atoms with Crippen LogP contribution in [0.3, 0.4) is 0 Å². The van der Waals surface area contributed by atoms with Crippen molar-refractivity contribution in [2.75, 3.05) is 18.5 Å². The molecule has 0 aliphatic rings. The van der Waals surface area contributed by atoms with Crippen LogP contribution in [0.2, 0.25) is 0 Å². The van der Waals surface area contributed by atoms with Gasteiger partial charge in [0.1, 0.15) is 22.5 Å². The standard InChI is InChI=1S/C23H19N5O3/c24-14-17-4-3-5-18(12-17)25-23(30)15-31-22-9-8-16(10-11-29)13-21(22)28-26-19-6-1-2-7-20(19)27-28/h1-9,12-13,29H,10-11,15H2,(H,25,30). The van der Waals surface area contributed by atoms with Crippen molar-refractivity contribution in [3.8, 4) is 17.5 Å². The number of fused-ring (bicyclic) bond motifs is 1. The summed E-state index contributed by atoms with van der Waals surface area (Å²) >= 11 is 0. The predicted octanol–water partition coefficient (Wildman–Crippen LogP) is 2.84. The Labute approximate surface area is 178 Å². The summed E-state index contributed by atoms with van der Waals surface area (Å²) in [6.45, 7) is -0.220. The molecule has 0 bridgehead atoms. The van der Waals surface area contributed by atoms with Crippen molar-refractivity contribution in [2.24, 2.45) is 0 Å². The van der Waals surface area contributed by atoms with Gasteiger partial charge in [0, 0.05) is 12.3 Å². The van der Waals surface area contributed by atoms with Crippen LogP contribution >= 0.6 is 0 Å². The Morgan fingerprint density at radius 2 is 1.84 bits per heavy atom. The first-order valence-electron chi connectivity index (χ1n) is 9.65. The maximum Gasteiger partial charge on any atom is 0.262 e. The van der Waals surface area contributed by atoms with Crippen LogP contribution in [0.4, 0.5) is 5.69 Å². The number of ether oxygens (including phenoxy) is 1. The number of amides is 1. The molecule has 154 valence electrons. The number of aliphatic hydroxyl groups is 1. The molecule has 8 heteroatoms. The van der Waals surface area contributed by atoms with Gasteiger partial charge in [-0.05, 0) is 54.4 Å². The Kier molecular flexibility index (Phi) is 5.87. The fraction of sp³-hybridized carbons (Fsp3) is 0.130. The van der Waals surface area contributed by atoms with Crippen LogP contribution in [0, 0.1) is 11.3 Å². The van der Waals surface area contributed by atoms with Crippen molar-refractivity contribution in [1.82, 2.24) is 15.0 Å². The second-order valence-corrected chi connectivity index (χ2v) is 6.78. The fourth-order valence-corrected chi connectivity index (χ4v) is 3.10. The highest BCUT2D eigenvalue weighted by atomic mass is 16.5. The topological polar surface area (TPSA) is 113 Å². The van der Waals surface area contributed by atoms with Crippen molar-refractivity contribution in [1.29, 1.82) is 5.26 Å². The van der Waals surface area contributed by atoms with Gasteiger partial charge < -0.3 is 15.2 Å². The number of benzene rings is 3.